The van der Waals surface area contributed by atoms with Gasteiger partial charge < -0.3 is 9.64 Å². The van der Waals surface area contributed by atoms with Crippen LogP contribution in [0.5, 0.6) is 0 Å². The van der Waals surface area contributed by atoms with Gasteiger partial charge in [-0.15, -0.1) is 0 Å². The van der Waals surface area contributed by atoms with Crippen molar-refractivity contribution in [2.75, 3.05) is 31.2 Å². The van der Waals surface area contributed by atoms with Crippen molar-refractivity contribution in [1.82, 2.24) is 0 Å². The van der Waals surface area contributed by atoms with Gasteiger partial charge in [-0.3, -0.25) is 0 Å². The summed E-state index contributed by atoms with van der Waals surface area (Å²) >= 11 is 6.20. The Hall–Kier alpha value is -3.32. The highest BCUT2D eigenvalue weighted by molar-refractivity contribution is 6.30. The Kier molecular flexibility index (Phi) is 5.81. The van der Waals surface area contributed by atoms with E-state index in [2.05, 4.69) is 67.3 Å². The highest BCUT2D eigenvalue weighted by atomic mass is 35.5. The van der Waals surface area contributed by atoms with E-state index in [-0.39, 0.29) is 0 Å². The van der Waals surface area contributed by atoms with Gasteiger partial charge in [-0.2, -0.15) is 5.26 Å². The summed E-state index contributed by atoms with van der Waals surface area (Å²) in [7, 11) is 0. The van der Waals surface area contributed by atoms with Gasteiger partial charge in [0, 0.05) is 23.7 Å². The number of anilines is 1. The van der Waals surface area contributed by atoms with Crippen LogP contribution in [0.15, 0.2) is 66.7 Å². The Morgan fingerprint density at radius 1 is 0.848 bits per heavy atom. The lowest BCUT2D eigenvalue weighted by Gasteiger charge is -2.33. The van der Waals surface area contributed by atoms with Crippen LogP contribution in [-0.4, -0.2) is 26.3 Å². The van der Waals surface area contributed by atoms with Crippen molar-refractivity contribution in [2.45, 2.75) is 13.8 Å². The summed E-state index contributed by atoms with van der Waals surface area (Å²) in [5, 5.41) is 13.5. The number of nitrogens with zero attached hydrogens (tertiary/aromatic N) is 2. The number of nitriles is 1. The zero-order valence-electron chi connectivity index (χ0n) is 18.9. The van der Waals surface area contributed by atoms with Crippen LogP contribution < -0.4 is 4.90 Å². The predicted octanol–water partition coefficient (Wildman–Crippen LogP) is 7.15. The molecule has 4 heteroatoms. The first kappa shape index (κ1) is 21.5. The summed E-state index contributed by atoms with van der Waals surface area (Å²) in [6, 6.07) is 25.3. The maximum absolute atomic E-state index is 10.4. The van der Waals surface area contributed by atoms with Crippen LogP contribution in [0.25, 0.3) is 33.0 Å². The molecule has 1 fully saturated rings. The third-order valence-electron chi connectivity index (χ3n) is 6.60. The fourth-order valence-electron chi connectivity index (χ4n) is 5.13. The standard InChI is InChI=1S/C29H25ClN2O/c1-19-27(25-9-5-7-21-6-3-4-8-24(21)25)20(2)29(32-14-16-33-17-15-32)26(18-31)28(19)22-10-12-23(30)13-11-22/h3-13H,14-17H2,1-2H3. The molecule has 0 spiro atoms. The fourth-order valence-corrected chi connectivity index (χ4v) is 5.26. The van der Waals surface area contributed by atoms with E-state index in [4.69, 9.17) is 16.3 Å². The minimum absolute atomic E-state index is 0.665. The lowest BCUT2D eigenvalue weighted by atomic mass is 9.83. The van der Waals surface area contributed by atoms with Crippen LogP contribution in [-0.2, 0) is 4.74 Å². The van der Waals surface area contributed by atoms with Crippen molar-refractivity contribution in [3.8, 4) is 28.3 Å². The first-order chi connectivity index (χ1) is 16.1. The number of hydrogen-bond acceptors (Lipinski definition) is 3. The molecule has 33 heavy (non-hydrogen) atoms. The molecule has 1 heterocycles. The van der Waals surface area contributed by atoms with E-state index < -0.39 is 0 Å². The van der Waals surface area contributed by atoms with Gasteiger partial charge in [0.2, 0.25) is 0 Å². The van der Waals surface area contributed by atoms with Crippen molar-refractivity contribution >= 4 is 28.1 Å². The molecule has 0 aliphatic carbocycles. The average molecular weight is 453 g/mol. The number of hydrogen-bond donors (Lipinski definition) is 0. The zero-order chi connectivity index (χ0) is 22.9. The topological polar surface area (TPSA) is 36.3 Å². The van der Waals surface area contributed by atoms with Crippen LogP contribution in [0, 0.1) is 25.2 Å². The second kappa shape index (κ2) is 8.90. The molecule has 0 unspecified atom stereocenters. The van der Waals surface area contributed by atoms with Gasteiger partial charge >= 0.3 is 0 Å². The van der Waals surface area contributed by atoms with E-state index in [9.17, 15) is 5.26 Å². The first-order valence-corrected chi connectivity index (χ1v) is 11.6. The van der Waals surface area contributed by atoms with Crippen molar-refractivity contribution in [3.63, 3.8) is 0 Å². The molecule has 0 radical (unpaired) electrons. The maximum Gasteiger partial charge on any atom is 0.102 e. The summed E-state index contributed by atoms with van der Waals surface area (Å²) < 4.78 is 5.62. The van der Waals surface area contributed by atoms with Gasteiger partial charge in [-0.25, -0.2) is 0 Å². The molecule has 164 valence electrons. The van der Waals surface area contributed by atoms with Crippen molar-refractivity contribution in [1.29, 1.82) is 5.26 Å². The molecule has 0 bridgehead atoms. The second-order valence-electron chi connectivity index (χ2n) is 8.47. The molecule has 0 amide bonds. The van der Waals surface area contributed by atoms with Gasteiger partial charge in [0.15, 0.2) is 0 Å². The number of benzene rings is 4. The molecule has 4 aromatic carbocycles. The van der Waals surface area contributed by atoms with Gasteiger partial charge in [-0.1, -0.05) is 66.2 Å². The summed E-state index contributed by atoms with van der Waals surface area (Å²) in [5.41, 5.74) is 8.35. The quantitative estimate of drug-likeness (QED) is 0.331. The number of ether oxygens (including phenoxy) is 1. The van der Waals surface area contributed by atoms with Crippen molar-refractivity contribution in [2.24, 2.45) is 0 Å². The lowest BCUT2D eigenvalue weighted by Crippen LogP contribution is -2.37. The van der Waals surface area contributed by atoms with Gasteiger partial charge in [0.1, 0.15) is 6.07 Å². The minimum atomic E-state index is 0.665. The predicted molar refractivity (Wildman–Crippen MR) is 137 cm³/mol. The molecule has 4 aromatic rings. The number of fused-ring (bicyclic) bond motifs is 1. The van der Waals surface area contributed by atoms with E-state index in [1.54, 1.807) is 0 Å². The van der Waals surface area contributed by atoms with Gasteiger partial charge in [0.05, 0.1) is 24.5 Å². The molecule has 3 nitrogen and oxygen atoms in total. The zero-order valence-corrected chi connectivity index (χ0v) is 19.6. The minimum Gasteiger partial charge on any atom is -0.378 e. The summed E-state index contributed by atoms with van der Waals surface area (Å²) in [6.07, 6.45) is 0. The maximum atomic E-state index is 10.4. The monoisotopic (exact) mass is 452 g/mol. The number of morpholine rings is 1. The highest BCUT2D eigenvalue weighted by Crippen LogP contribution is 2.45. The van der Waals surface area contributed by atoms with Crippen LogP contribution in [0.2, 0.25) is 5.02 Å². The third kappa shape index (κ3) is 3.76. The lowest BCUT2D eigenvalue weighted by molar-refractivity contribution is 0.122. The van der Waals surface area contributed by atoms with Crippen molar-refractivity contribution < 1.29 is 4.74 Å². The van der Waals surface area contributed by atoms with Gasteiger partial charge in [0.25, 0.3) is 0 Å². The molecule has 1 aliphatic heterocycles. The van der Waals surface area contributed by atoms with Crippen LogP contribution in [0.3, 0.4) is 0 Å². The molecule has 0 aromatic heterocycles. The summed E-state index contributed by atoms with van der Waals surface area (Å²) in [6.45, 7) is 7.16. The Labute approximate surface area is 199 Å². The SMILES string of the molecule is Cc1c(-c2cccc3ccccc23)c(C)c(N2CCOCC2)c(C#N)c1-c1ccc(Cl)cc1. The molecular formula is C29H25ClN2O. The van der Waals surface area contributed by atoms with E-state index in [0.29, 0.717) is 18.2 Å². The normalized spacial score (nSPS) is 13.8. The van der Waals surface area contributed by atoms with E-state index >= 15 is 0 Å². The third-order valence-corrected chi connectivity index (χ3v) is 6.85. The summed E-state index contributed by atoms with van der Waals surface area (Å²) in [5.74, 6) is 0. The van der Waals surface area contributed by atoms with Gasteiger partial charge in [-0.05, 0) is 64.6 Å². The largest absolute Gasteiger partial charge is 0.378 e. The molecule has 0 saturated carbocycles. The van der Waals surface area contributed by atoms with Crippen LogP contribution in [0.4, 0.5) is 5.69 Å². The fraction of sp³-hybridized carbons (Fsp3) is 0.207. The van der Waals surface area contributed by atoms with E-state index in [1.807, 2.05) is 24.3 Å². The number of halogens is 1. The second-order valence-corrected chi connectivity index (χ2v) is 8.90. The smallest absolute Gasteiger partial charge is 0.102 e. The van der Waals surface area contributed by atoms with E-state index in [1.165, 1.54) is 21.9 Å². The molecule has 1 saturated heterocycles. The van der Waals surface area contributed by atoms with E-state index in [0.717, 1.165) is 46.6 Å². The molecule has 0 atom stereocenters. The Bertz CT molecular complexity index is 1370. The summed E-state index contributed by atoms with van der Waals surface area (Å²) in [4.78, 5) is 2.31. The first-order valence-electron chi connectivity index (χ1n) is 11.2. The Morgan fingerprint density at radius 3 is 2.27 bits per heavy atom. The van der Waals surface area contributed by atoms with Crippen molar-refractivity contribution in [3.05, 3.63) is 88.4 Å². The Balaban J connectivity index is 1.89. The average Bonchev–Trinajstić information content (AvgIpc) is 2.85. The molecule has 1 aliphatic rings. The highest BCUT2D eigenvalue weighted by Gasteiger charge is 2.26. The Morgan fingerprint density at radius 2 is 1.55 bits per heavy atom. The number of rotatable bonds is 3. The molecular weight excluding hydrogens is 428 g/mol. The molecule has 0 N–H and O–H groups in total. The molecule has 5 rings (SSSR count). The van der Waals surface area contributed by atoms with Crippen LogP contribution >= 0.6 is 11.6 Å². The van der Waals surface area contributed by atoms with Crippen LogP contribution in [0.1, 0.15) is 16.7 Å².